The van der Waals surface area contributed by atoms with Gasteiger partial charge in [0.2, 0.25) is 0 Å². The Labute approximate surface area is 54.3 Å². The molecule has 3 nitrogen and oxygen atoms in total. The van der Waals surface area contributed by atoms with E-state index in [1.165, 1.54) is 0 Å². The molecule has 0 aromatic heterocycles. The first-order valence-electron chi connectivity index (χ1n) is 3.18. The van der Waals surface area contributed by atoms with Crippen LogP contribution in [0.15, 0.2) is 0 Å². The molecule has 54 valence electrons. The average molecular weight is 132 g/mol. The SMILES string of the molecule is OC[C@]1(O)CCCOC1. The summed E-state index contributed by atoms with van der Waals surface area (Å²) in [4.78, 5) is 0. The molecule has 1 rings (SSSR count). The van der Waals surface area contributed by atoms with Gasteiger partial charge in [0.15, 0.2) is 0 Å². The van der Waals surface area contributed by atoms with Crippen molar-refractivity contribution < 1.29 is 14.9 Å². The van der Waals surface area contributed by atoms with Crippen molar-refractivity contribution in [3.63, 3.8) is 0 Å². The van der Waals surface area contributed by atoms with Crippen LogP contribution in [0.1, 0.15) is 12.8 Å². The molecule has 3 heteroatoms. The quantitative estimate of drug-likeness (QED) is 0.506. The van der Waals surface area contributed by atoms with Crippen LogP contribution in [-0.2, 0) is 4.74 Å². The van der Waals surface area contributed by atoms with Crippen LogP contribution < -0.4 is 0 Å². The van der Waals surface area contributed by atoms with Gasteiger partial charge in [-0.15, -0.1) is 0 Å². The third-order valence-electron chi connectivity index (χ3n) is 1.60. The molecule has 0 unspecified atom stereocenters. The van der Waals surface area contributed by atoms with E-state index in [1.807, 2.05) is 0 Å². The molecule has 0 spiro atoms. The van der Waals surface area contributed by atoms with Crippen LogP contribution >= 0.6 is 0 Å². The summed E-state index contributed by atoms with van der Waals surface area (Å²) in [5, 5.41) is 17.9. The Hall–Kier alpha value is -0.120. The van der Waals surface area contributed by atoms with Gasteiger partial charge in [0.25, 0.3) is 0 Å². The fraction of sp³-hybridized carbons (Fsp3) is 1.00. The molecule has 1 atom stereocenters. The minimum atomic E-state index is -0.946. The summed E-state index contributed by atoms with van der Waals surface area (Å²) in [5.74, 6) is 0. The van der Waals surface area contributed by atoms with E-state index in [4.69, 9.17) is 9.84 Å². The Kier molecular flexibility index (Phi) is 2.05. The van der Waals surface area contributed by atoms with Gasteiger partial charge in [0.05, 0.1) is 13.2 Å². The first-order chi connectivity index (χ1) is 4.27. The Balaban J connectivity index is 2.37. The third-order valence-corrected chi connectivity index (χ3v) is 1.60. The molecule has 0 aromatic carbocycles. The summed E-state index contributed by atoms with van der Waals surface area (Å²) < 4.78 is 4.97. The molecule has 0 aromatic rings. The predicted octanol–water partition coefficient (Wildman–Crippen LogP) is -0.480. The first-order valence-corrected chi connectivity index (χ1v) is 3.18. The topological polar surface area (TPSA) is 49.7 Å². The second-order valence-electron chi connectivity index (χ2n) is 2.54. The number of ether oxygens (including phenoxy) is 1. The summed E-state index contributed by atoms with van der Waals surface area (Å²) in [7, 11) is 0. The smallest absolute Gasteiger partial charge is 0.111 e. The molecular weight excluding hydrogens is 120 g/mol. The highest BCUT2D eigenvalue weighted by atomic mass is 16.5. The van der Waals surface area contributed by atoms with E-state index in [9.17, 15) is 5.11 Å². The van der Waals surface area contributed by atoms with Gasteiger partial charge in [0.1, 0.15) is 5.60 Å². The van der Waals surface area contributed by atoms with Crippen LogP contribution in [0.2, 0.25) is 0 Å². The lowest BCUT2D eigenvalue weighted by molar-refractivity contribution is -0.111. The highest BCUT2D eigenvalue weighted by Gasteiger charge is 2.28. The Bertz CT molecular complexity index is 86.3. The molecule has 1 fully saturated rings. The zero-order chi connectivity index (χ0) is 6.74. The maximum absolute atomic E-state index is 9.30. The van der Waals surface area contributed by atoms with Gasteiger partial charge in [-0.2, -0.15) is 0 Å². The van der Waals surface area contributed by atoms with E-state index in [0.29, 0.717) is 13.0 Å². The zero-order valence-electron chi connectivity index (χ0n) is 5.34. The highest BCUT2D eigenvalue weighted by molar-refractivity contribution is 4.79. The van der Waals surface area contributed by atoms with Crippen molar-refractivity contribution in [2.45, 2.75) is 18.4 Å². The van der Waals surface area contributed by atoms with Crippen molar-refractivity contribution in [3.8, 4) is 0 Å². The number of aliphatic hydroxyl groups is 2. The molecule has 1 heterocycles. The van der Waals surface area contributed by atoms with E-state index in [-0.39, 0.29) is 13.2 Å². The molecule has 0 saturated carbocycles. The third kappa shape index (κ3) is 1.64. The number of hydrogen-bond donors (Lipinski definition) is 2. The maximum atomic E-state index is 9.30. The maximum Gasteiger partial charge on any atom is 0.111 e. The van der Waals surface area contributed by atoms with Crippen molar-refractivity contribution in [1.29, 1.82) is 0 Å². The molecule has 1 saturated heterocycles. The standard InChI is InChI=1S/C6H12O3/c7-4-6(8)2-1-3-9-5-6/h7-8H,1-5H2/t6-/m1/s1. The lowest BCUT2D eigenvalue weighted by Gasteiger charge is -2.29. The predicted molar refractivity (Wildman–Crippen MR) is 32.1 cm³/mol. The van der Waals surface area contributed by atoms with Crippen molar-refractivity contribution in [2.24, 2.45) is 0 Å². The summed E-state index contributed by atoms with van der Waals surface area (Å²) >= 11 is 0. The molecule has 1 aliphatic rings. The molecule has 0 amide bonds. The van der Waals surface area contributed by atoms with Crippen molar-refractivity contribution in [3.05, 3.63) is 0 Å². The molecule has 2 N–H and O–H groups in total. The first kappa shape index (κ1) is 6.99. The minimum absolute atomic E-state index is 0.188. The van der Waals surface area contributed by atoms with Gasteiger partial charge in [-0.05, 0) is 12.8 Å². The van der Waals surface area contributed by atoms with Gasteiger partial charge in [-0.25, -0.2) is 0 Å². The largest absolute Gasteiger partial charge is 0.393 e. The Morgan fingerprint density at radius 3 is 2.67 bits per heavy atom. The number of hydrogen-bond acceptors (Lipinski definition) is 3. The lowest BCUT2D eigenvalue weighted by atomic mass is 9.98. The second-order valence-corrected chi connectivity index (χ2v) is 2.54. The van der Waals surface area contributed by atoms with Crippen LogP contribution in [0, 0.1) is 0 Å². The second kappa shape index (κ2) is 2.64. The van der Waals surface area contributed by atoms with E-state index in [1.54, 1.807) is 0 Å². The summed E-state index contributed by atoms with van der Waals surface area (Å²) in [5.41, 5.74) is -0.946. The van der Waals surface area contributed by atoms with Gasteiger partial charge in [0, 0.05) is 6.61 Å². The van der Waals surface area contributed by atoms with Crippen LogP contribution in [0.4, 0.5) is 0 Å². The summed E-state index contributed by atoms with van der Waals surface area (Å²) in [6.45, 7) is 0.804. The molecule has 0 bridgehead atoms. The number of aliphatic hydroxyl groups excluding tert-OH is 1. The number of rotatable bonds is 1. The minimum Gasteiger partial charge on any atom is -0.393 e. The van der Waals surface area contributed by atoms with E-state index >= 15 is 0 Å². The molecule has 0 aliphatic carbocycles. The fourth-order valence-electron chi connectivity index (χ4n) is 0.962. The highest BCUT2D eigenvalue weighted by Crippen LogP contribution is 2.17. The van der Waals surface area contributed by atoms with Gasteiger partial charge in [-0.1, -0.05) is 0 Å². The normalized spacial score (nSPS) is 36.7. The molecular formula is C6H12O3. The van der Waals surface area contributed by atoms with Crippen LogP contribution in [0.3, 0.4) is 0 Å². The van der Waals surface area contributed by atoms with E-state index in [0.717, 1.165) is 6.42 Å². The van der Waals surface area contributed by atoms with Crippen molar-refractivity contribution in [1.82, 2.24) is 0 Å². The molecule has 1 aliphatic heterocycles. The van der Waals surface area contributed by atoms with Crippen molar-refractivity contribution in [2.75, 3.05) is 19.8 Å². The summed E-state index contributed by atoms with van der Waals surface area (Å²) in [6.07, 6.45) is 1.50. The lowest BCUT2D eigenvalue weighted by Crippen LogP contribution is -2.41. The van der Waals surface area contributed by atoms with Crippen LogP contribution in [0.5, 0.6) is 0 Å². The Morgan fingerprint density at radius 1 is 1.56 bits per heavy atom. The fourth-order valence-corrected chi connectivity index (χ4v) is 0.962. The van der Waals surface area contributed by atoms with E-state index in [2.05, 4.69) is 0 Å². The van der Waals surface area contributed by atoms with E-state index < -0.39 is 5.60 Å². The zero-order valence-corrected chi connectivity index (χ0v) is 5.34. The monoisotopic (exact) mass is 132 g/mol. The van der Waals surface area contributed by atoms with Gasteiger partial charge >= 0.3 is 0 Å². The van der Waals surface area contributed by atoms with Gasteiger partial charge < -0.3 is 14.9 Å². The molecule has 9 heavy (non-hydrogen) atoms. The van der Waals surface area contributed by atoms with Crippen LogP contribution in [-0.4, -0.2) is 35.6 Å². The van der Waals surface area contributed by atoms with Gasteiger partial charge in [-0.3, -0.25) is 0 Å². The average Bonchev–Trinajstić information content (AvgIpc) is 1.90. The summed E-state index contributed by atoms with van der Waals surface area (Å²) in [6, 6.07) is 0. The molecule has 0 radical (unpaired) electrons. The van der Waals surface area contributed by atoms with Crippen molar-refractivity contribution >= 4 is 0 Å². The van der Waals surface area contributed by atoms with Crippen LogP contribution in [0.25, 0.3) is 0 Å². The Morgan fingerprint density at radius 2 is 2.33 bits per heavy atom.